The predicted molar refractivity (Wildman–Crippen MR) is 86.0 cm³/mol. The molecule has 1 aromatic heterocycles. The van der Waals surface area contributed by atoms with E-state index in [1.165, 1.54) is 12.8 Å². The van der Waals surface area contributed by atoms with Crippen molar-refractivity contribution in [2.24, 2.45) is 0 Å². The van der Waals surface area contributed by atoms with Gasteiger partial charge in [-0.25, -0.2) is 4.98 Å². The van der Waals surface area contributed by atoms with E-state index in [0.717, 1.165) is 28.8 Å². The quantitative estimate of drug-likeness (QED) is 0.898. The Labute approximate surface area is 129 Å². The lowest BCUT2D eigenvalue weighted by Gasteiger charge is -2.16. The molecule has 0 unspecified atom stereocenters. The molecule has 1 heterocycles. The Hall–Kier alpha value is -1.68. The summed E-state index contributed by atoms with van der Waals surface area (Å²) < 4.78 is 11.0. The number of nitrogens with one attached hydrogen (secondary N) is 1. The summed E-state index contributed by atoms with van der Waals surface area (Å²) in [5, 5.41) is 4.80. The van der Waals surface area contributed by atoms with Gasteiger partial charge in [-0.2, -0.15) is 0 Å². The van der Waals surface area contributed by atoms with Crippen LogP contribution in [0.4, 0.5) is 5.69 Å². The van der Waals surface area contributed by atoms with E-state index in [1.807, 2.05) is 0 Å². The SMILES string of the molecule is CCNc1cc(C2CC2)nc2c(OC)cc(Cl)c(OC)c12. The first kappa shape index (κ1) is 14.3. The van der Waals surface area contributed by atoms with E-state index in [4.69, 9.17) is 26.1 Å². The van der Waals surface area contributed by atoms with Gasteiger partial charge in [-0.15, -0.1) is 0 Å². The second kappa shape index (κ2) is 5.60. The summed E-state index contributed by atoms with van der Waals surface area (Å²) in [6, 6.07) is 3.88. The standard InChI is InChI=1S/C16H19ClN2O2/c1-4-18-12-8-11(9-5-6-9)19-15-13(20-2)7-10(17)16(21-3)14(12)15/h7-9H,4-6H2,1-3H3,(H,18,19). The van der Waals surface area contributed by atoms with Gasteiger partial charge >= 0.3 is 0 Å². The number of rotatable bonds is 5. The van der Waals surface area contributed by atoms with E-state index in [1.54, 1.807) is 20.3 Å². The Bertz CT molecular complexity index is 684. The Morgan fingerprint density at radius 1 is 1.29 bits per heavy atom. The number of nitrogens with zero attached hydrogens (tertiary/aromatic N) is 1. The first-order valence-corrected chi connectivity index (χ1v) is 7.56. The summed E-state index contributed by atoms with van der Waals surface area (Å²) in [6.07, 6.45) is 2.41. The third kappa shape index (κ3) is 2.48. The molecule has 0 aliphatic heterocycles. The first-order chi connectivity index (χ1) is 10.2. The van der Waals surface area contributed by atoms with Crippen LogP contribution in [0.2, 0.25) is 5.02 Å². The molecule has 1 N–H and O–H groups in total. The summed E-state index contributed by atoms with van der Waals surface area (Å²) in [5.74, 6) is 1.88. The fourth-order valence-corrected chi connectivity index (χ4v) is 2.89. The van der Waals surface area contributed by atoms with E-state index in [-0.39, 0.29) is 0 Å². The molecule has 0 radical (unpaired) electrons. The molecule has 4 nitrogen and oxygen atoms in total. The molecule has 5 heteroatoms. The molecule has 3 rings (SSSR count). The van der Waals surface area contributed by atoms with Gasteiger partial charge in [0.25, 0.3) is 0 Å². The Morgan fingerprint density at radius 3 is 2.62 bits per heavy atom. The molecule has 0 amide bonds. The molecule has 2 aromatic rings. The predicted octanol–water partition coefficient (Wildman–Crippen LogP) is 4.21. The zero-order valence-corrected chi connectivity index (χ0v) is 13.3. The molecule has 1 aliphatic rings. The fourth-order valence-electron chi connectivity index (χ4n) is 2.61. The van der Waals surface area contributed by atoms with Gasteiger partial charge in [-0.05, 0) is 25.8 Å². The number of anilines is 1. The van der Waals surface area contributed by atoms with Crippen LogP contribution < -0.4 is 14.8 Å². The minimum Gasteiger partial charge on any atom is -0.494 e. The van der Waals surface area contributed by atoms with Crippen molar-refractivity contribution >= 4 is 28.2 Å². The average Bonchev–Trinajstić information content (AvgIpc) is 3.31. The van der Waals surface area contributed by atoms with Crippen LogP contribution in [0, 0.1) is 0 Å². The third-order valence-electron chi connectivity index (χ3n) is 3.76. The zero-order chi connectivity index (χ0) is 15.0. The molecule has 112 valence electrons. The molecule has 1 aliphatic carbocycles. The number of benzene rings is 1. The maximum Gasteiger partial charge on any atom is 0.149 e. The van der Waals surface area contributed by atoms with Crippen LogP contribution in [0.15, 0.2) is 12.1 Å². The van der Waals surface area contributed by atoms with Gasteiger partial charge in [0.1, 0.15) is 17.0 Å². The molecule has 0 bridgehead atoms. The molecule has 0 atom stereocenters. The topological polar surface area (TPSA) is 43.4 Å². The summed E-state index contributed by atoms with van der Waals surface area (Å²) in [4.78, 5) is 4.80. The molecule has 0 spiro atoms. The number of pyridine rings is 1. The van der Waals surface area contributed by atoms with Crippen LogP contribution in [0.1, 0.15) is 31.4 Å². The van der Waals surface area contributed by atoms with Gasteiger partial charge in [0, 0.05) is 29.9 Å². The van der Waals surface area contributed by atoms with Gasteiger partial charge in [0.2, 0.25) is 0 Å². The highest BCUT2D eigenvalue weighted by molar-refractivity contribution is 6.34. The highest BCUT2D eigenvalue weighted by atomic mass is 35.5. The van der Waals surface area contributed by atoms with Crippen molar-refractivity contribution in [3.63, 3.8) is 0 Å². The Kier molecular flexibility index (Phi) is 3.81. The van der Waals surface area contributed by atoms with Crippen molar-refractivity contribution in [2.45, 2.75) is 25.7 Å². The summed E-state index contributed by atoms with van der Waals surface area (Å²) in [5.41, 5.74) is 2.92. The van der Waals surface area contributed by atoms with Crippen LogP contribution in [0.25, 0.3) is 10.9 Å². The van der Waals surface area contributed by atoms with E-state index in [9.17, 15) is 0 Å². The van der Waals surface area contributed by atoms with E-state index < -0.39 is 0 Å². The minimum absolute atomic E-state index is 0.530. The number of hydrogen-bond donors (Lipinski definition) is 1. The molecular formula is C16H19ClN2O2. The van der Waals surface area contributed by atoms with Crippen LogP contribution in [0.3, 0.4) is 0 Å². The van der Waals surface area contributed by atoms with Gasteiger partial charge in [-0.1, -0.05) is 11.6 Å². The maximum absolute atomic E-state index is 6.31. The summed E-state index contributed by atoms with van der Waals surface area (Å²) in [7, 11) is 3.26. The van der Waals surface area contributed by atoms with E-state index in [0.29, 0.717) is 22.4 Å². The maximum atomic E-state index is 6.31. The number of hydrogen-bond acceptors (Lipinski definition) is 4. The van der Waals surface area contributed by atoms with Crippen LogP contribution in [-0.2, 0) is 0 Å². The summed E-state index contributed by atoms with van der Waals surface area (Å²) in [6.45, 7) is 2.89. The fraction of sp³-hybridized carbons (Fsp3) is 0.438. The lowest BCUT2D eigenvalue weighted by molar-refractivity contribution is 0.410. The highest BCUT2D eigenvalue weighted by Crippen LogP contribution is 2.46. The molecule has 21 heavy (non-hydrogen) atoms. The van der Waals surface area contributed by atoms with Crippen LogP contribution >= 0.6 is 11.6 Å². The first-order valence-electron chi connectivity index (χ1n) is 7.18. The van der Waals surface area contributed by atoms with Gasteiger partial charge in [0.05, 0.1) is 24.6 Å². The van der Waals surface area contributed by atoms with Crippen molar-refractivity contribution in [3.05, 3.63) is 22.8 Å². The summed E-state index contributed by atoms with van der Waals surface area (Å²) >= 11 is 6.31. The Balaban J connectivity index is 2.34. The molecule has 1 aromatic carbocycles. The largest absolute Gasteiger partial charge is 0.494 e. The van der Waals surface area contributed by atoms with Crippen LogP contribution in [0.5, 0.6) is 11.5 Å². The monoisotopic (exact) mass is 306 g/mol. The zero-order valence-electron chi connectivity index (χ0n) is 12.5. The van der Waals surface area contributed by atoms with Crippen molar-refractivity contribution in [3.8, 4) is 11.5 Å². The average molecular weight is 307 g/mol. The number of halogens is 1. The van der Waals surface area contributed by atoms with Gasteiger partial charge in [-0.3, -0.25) is 0 Å². The molecule has 1 saturated carbocycles. The molecule has 0 saturated heterocycles. The van der Waals surface area contributed by atoms with Crippen LogP contribution in [-0.4, -0.2) is 25.7 Å². The second-order valence-electron chi connectivity index (χ2n) is 5.22. The molecule has 1 fully saturated rings. The number of methoxy groups -OCH3 is 2. The normalized spacial score (nSPS) is 14.3. The van der Waals surface area contributed by atoms with E-state index in [2.05, 4.69) is 18.3 Å². The lowest BCUT2D eigenvalue weighted by atomic mass is 10.1. The van der Waals surface area contributed by atoms with Gasteiger partial charge in [0.15, 0.2) is 0 Å². The van der Waals surface area contributed by atoms with Crippen molar-refractivity contribution in [1.82, 2.24) is 4.98 Å². The van der Waals surface area contributed by atoms with Crippen molar-refractivity contribution in [2.75, 3.05) is 26.1 Å². The number of fused-ring (bicyclic) bond motifs is 1. The lowest BCUT2D eigenvalue weighted by Crippen LogP contribution is -2.03. The number of ether oxygens (including phenoxy) is 2. The Morgan fingerprint density at radius 2 is 2.05 bits per heavy atom. The third-order valence-corrected chi connectivity index (χ3v) is 4.04. The van der Waals surface area contributed by atoms with Crippen molar-refractivity contribution < 1.29 is 9.47 Å². The smallest absolute Gasteiger partial charge is 0.149 e. The highest BCUT2D eigenvalue weighted by Gasteiger charge is 2.27. The minimum atomic E-state index is 0.530. The van der Waals surface area contributed by atoms with E-state index >= 15 is 0 Å². The molecular weight excluding hydrogens is 288 g/mol. The number of aromatic nitrogens is 1. The van der Waals surface area contributed by atoms with Crippen molar-refractivity contribution in [1.29, 1.82) is 0 Å². The second-order valence-corrected chi connectivity index (χ2v) is 5.62. The van der Waals surface area contributed by atoms with Gasteiger partial charge < -0.3 is 14.8 Å².